The number of methoxy groups -OCH3 is 1. The smallest absolute Gasteiger partial charge is 0.259 e. The minimum Gasteiger partial charge on any atom is -0.487 e. The van der Waals surface area contributed by atoms with Crippen molar-refractivity contribution in [3.8, 4) is 16.9 Å². The lowest BCUT2D eigenvalue weighted by Gasteiger charge is -2.32. The van der Waals surface area contributed by atoms with Crippen LogP contribution in [-0.4, -0.2) is 79.4 Å². The Bertz CT molecular complexity index is 1330. The highest BCUT2D eigenvalue weighted by molar-refractivity contribution is 7.88. The first-order valence-corrected chi connectivity index (χ1v) is 13.7. The zero-order valence-electron chi connectivity index (χ0n) is 19.9. The minimum absolute atomic E-state index is 0.0442. The van der Waals surface area contributed by atoms with E-state index >= 15 is 0 Å². The molecule has 0 aromatic carbocycles. The first-order valence-electron chi connectivity index (χ1n) is 11.1. The second-order valence-corrected chi connectivity index (χ2v) is 11.8. The van der Waals surface area contributed by atoms with Crippen molar-refractivity contribution in [2.24, 2.45) is 7.05 Å². The van der Waals surface area contributed by atoms with Gasteiger partial charge in [0.25, 0.3) is 5.56 Å². The van der Waals surface area contributed by atoms with E-state index < -0.39 is 10.0 Å². The lowest BCUT2D eigenvalue weighted by atomic mass is 10.1. The largest absolute Gasteiger partial charge is 0.487 e. The van der Waals surface area contributed by atoms with Crippen molar-refractivity contribution < 1.29 is 17.9 Å². The Kier molecular flexibility index (Phi) is 7.39. The van der Waals surface area contributed by atoms with Crippen LogP contribution in [0.2, 0.25) is 0 Å². The number of nitrogens with zero attached hydrogens (tertiary/aromatic N) is 4. The van der Waals surface area contributed by atoms with Crippen molar-refractivity contribution in [3.63, 3.8) is 0 Å². The molecule has 3 aromatic heterocycles. The van der Waals surface area contributed by atoms with Crippen molar-refractivity contribution in [1.29, 1.82) is 0 Å². The predicted octanol–water partition coefficient (Wildman–Crippen LogP) is 2.15. The summed E-state index contributed by atoms with van der Waals surface area (Å²) in [5.41, 5.74) is 1.75. The number of aromatic nitrogens is 2. The molecule has 0 N–H and O–H groups in total. The topological polar surface area (TPSA) is 94.0 Å². The fourth-order valence-corrected chi connectivity index (χ4v) is 6.21. The van der Waals surface area contributed by atoms with E-state index in [0.29, 0.717) is 50.5 Å². The van der Waals surface area contributed by atoms with E-state index in [1.807, 2.05) is 25.3 Å². The molecule has 1 aliphatic rings. The number of piperazine rings is 1. The third kappa shape index (κ3) is 5.49. The summed E-state index contributed by atoms with van der Waals surface area (Å²) in [7, 11) is 0.224. The van der Waals surface area contributed by atoms with Crippen LogP contribution in [0.4, 0.5) is 0 Å². The standard InChI is InChI=1S/C23H30N4O5S2/c1-16(15-31-3)32-18-9-17(11-24-12-18)21-14-25(2)23(28)20-10-19(33-22(20)21)13-26-5-7-27(8-6-26)34(4,29)30/h9-12,14,16H,5-8,13,15H2,1-4H3. The molecule has 0 spiro atoms. The van der Waals surface area contributed by atoms with Gasteiger partial charge in [-0.1, -0.05) is 0 Å². The van der Waals surface area contributed by atoms with Crippen LogP contribution in [0.1, 0.15) is 11.8 Å². The van der Waals surface area contributed by atoms with Crippen LogP contribution < -0.4 is 10.3 Å². The fraction of sp³-hybridized carbons (Fsp3) is 0.478. The molecule has 0 radical (unpaired) electrons. The van der Waals surface area contributed by atoms with Gasteiger partial charge in [-0.2, -0.15) is 4.31 Å². The summed E-state index contributed by atoms with van der Waals surface area (Å²) in [5, 5.41) is 0.675. The van der Waals surface area contributed by atoms with Gasteiger partial charge in [0, 0.05) is 80.0 Å². The number of ether oxygens (including phenoxy) is 2. The van der Waals surface area contributed by atoms with E-state index in [1.165, 1.54) is 10.6 Å². The van der Waals surface area contributed by atoms with Gasteiger partial charge in [0.2, 0.25) is 10.0 Å². The average molecular weight is 507 g/mol. The van der Waals surface area contributed by atoms with Crippen molar-refractivity contribution >= 4 is 31.4 Å². The van der Waals surface area contributed by atoms with Crippen LogP contribution in [-0.2, 0) is 28.4 Å². The van der Waals surface area contributed by atoms with Crippen LogP contribution in [0.25, 0.3) is 21.2 Å². The van der Waals surface area contributed by atoms with Gasteiger partial charge in [0.1, 0.15) is 11.9 Å². The molecular formula is C23H30N4O5S2. The van der Waals surface area contributed by atoms with Gasteiger partial charge in [-0.15, -0.1) is 11.3 Å². The molecule has 11 heteroatoms. The van der Waals surface area contributed by atoms with Gasteiger partial charge in [0.15, 0.2) is 0 Å². The van der Waals surface area contributed by atoms with Gasteiger partial charge in [0.05, 0.1) is 24.4 Å². The first-order chi connectivity index (χ1) is 16.2. The number of sulfonamides is 1. The predicted molar refractivity (Wildman–Crippen MR) is 134 cm³/mol. The molecular weight excluding hydrogens is 476 g/mol. The number of thiophene rings is 1. The van der Waals surface area contributed by atoms with Crippen molar-refractivity contribution in [2.75, 3.05) is 46.2 Å². The molecule has 184 valence electrons. The molecule has 0 bridgehead atoms. The van der Waals surface area contributed by atoms with Gasteiger partial charge in [-0.05, 0) is 19.1 Å². The van der Waals surface area contributed by atoms with Crippen molar-refractivity contribution in [3.05, 3.63) is 46.0 Å². The van der Waals surface area contributed by atoms with Crippen LogP contribution in [0.15, 0.2) is 35.5 Å². The van der Waals surface area contributed by atoms with Gasteiger partial charge in [-0.3, -0.25) is 14.7 Å². The maximum atomic E-state index is 12.9. The second-order valence-electron chi connectivity index (χ2n) is 8.65. The summed E-state index contributed by atoms with van der Waals surface area (Å²) in [6, 6.07) is 3.89. The Labute approximate surface area is 203 Å². The second kappa shape index (κ2) is 10.1. The van der Waals surface area contributed by atoms with Crippen molar-refractivity contribution in [2.45, 2.75) is 19.6 Å². The highest BCUT2D eigenvalue weighted by atomic mass is 32.2. The van der Waals surface area contributed by atoms with Gasteiger partial charge < -0.3 is 14.0 Å². The zero-order chi connectivity index (χ0) is 24.5. The summed E-state index contributed by atoms with van der Waals surface area (Å²) in [6.07, 6.45) is 6.43. The Balaban J connectivity index is 1.61. The number of fused-ring (bicyclic) bond motifs is 1. The number of hydrogen-bond donors (Lipinski definition) is 0. The van der Waals surface area contributed by atoms with E-state index in [9.17, 15) is 13.2 Å². The molecule has 1 unspecified atom stereocenters. The minimum atomic E-state index is -3.16. The highest BCUT2D eigenvalue weighted by Gasteiger charge is 2.24. The Morgan fingerprint density at radius 2 is 1.91 bits per heavy atom. The monoisotopic (exact) mass is 506 g/mol. The Hall–Kier alpha value is -2.31. The first kappa shape index (κ1) is 24.8. The lowest BCUT2D eigenvalue weighted by molar-refractivity contribution is 0.0919. The van der Waals surface area contributed by atoms with Crippen molar-refractivity contribution in [1.82, 2.24) is 18.8 Å². The summed E-state index contributed by atoms with van der Waals surface area (Å²) in [5.74, 6) is 0.643. The van der Waals surface area contributed by atoms with E-state index in [4.69, 9.17) is 9.47 Å². The van der Waals surface area contributed by atoms with Crippen LogP contribution in [0, 0.1) is 0 Å². The van der Waals surface area contributed by atoms with E-state index in [2.05, 4.69) is 9.88 Å². The lowest BCUT2D eigenvalue weighted by Crippen LogP contribution is -2.47. The average Bonchev–Trinajstić information content (AvgIpc) is 3.20. The molecule has 1 atom stereocenters. The third-order valence-electron chi connectivity index (χ3n) is 5.84. The number of pyridine rings is 2. The zero-order valence-corrected chi connectivity index (χ0v) is 21.5. The van der Waals surface area contributed by atoms with E-state index in [1.54, 1.807) is 42.5 Å². The van der Waals surface area contributed by atoms with E-state index in [-0.39, 0.29) is 11.7 Å². The number of aryl methyl sites for hydroxylation is 1. The molecule has 1 fully saturated rings. The van der Waals surface area contributed by atoms with Gasteiger partial charge >= 0.3 is 0 Å². The summed E-state index contributed by atoms with van der Waals surface area (Å²) in [4.78, 5) is 20.5. The fourth-order valence-electron chi connectivity index (χ4n) is 4.16. The van der Waals surface area contributed by atoms with E-state index in [0.717, 1.165) is 20.7 Å². The maximum Gasteiger partial charge on any atom is 0.259 e. The summed E-state index contributed by atoms with van der Waals surface area (Å²) >= 11 is 1.59. The SMILES string of the molecule is COCC(C)Oc1cncc(-c2cn(C)c(=O)c3cc(CN4CCN(S(C)(=O)=O)CC4)sc23)c1. The molecule has 1 aliphatic heterocycles. The molecule has 9 nitrogen and oxygen atoms in total. The third-order valence-corrected chi connectivity index (χ3v) is 8.30. The van der Waals surface area contributed by atoms with Crippen LogP contribution >= 0.6 is 11.3 Å². The normalized spacial score (nSPS) is 16.7. The van der Waals surface area contributed by atoms with Crippen LogP contribution in [0.3, 0.4) is 0 Å². The Morgan fingerprint density at radius 3 is 2.59 bits per heavy atom. The molecule has 4 heterocycles. The summed E-state index contributed by atoms with van der Waals surface area (Å²) < 4.78 is 38.6. The molecule has 0 saturated carbocycles. The van der Waals surface area contributed by atoms with Gasteiger partial charge in [-0.25, -0.2) is 8.42 Å². The number of hydrogen-bond acceptors (Lipinski definition) is 8. The molecule has 3 aromatic rings. The van der Waals surface area contributed by atoms with Crippen LogP contribution in [0.5, 0.6) is 5.75 Å². The quantitative estimate of drug-likeness (QED) is 0.462. The molecule has 0 aliphatic carbocycles. The summed E-state index contributed by atoms with van der Waals surface area (Å²) in [6.45, 7) is 5.37. The highest BCUT2D eigenvalue weighted by Crippen LogP contribution is 2.34. The molecule has 0 amide bonds. The molecule has 1 saturated heterocycles. The molecule has 34 heavy (non-hydrogen) atoms. The maximum absolute atomic E-state index is 12.9. The Morgan fingerprint density at radius 1 is 1.18 bits per heavy atom. The number of rotatable bonds is 8. The molecule has 4 rings (SSSR count).